The minimum atomic E-state index is -0.168. The summed E-state index contributed by atoms with van der Waals surface area (Å²) in [6.07, 6.45) is 1.17. The molecule has 4 nitrogen and oxygen atoms in total. The summed E-state index contributed by atoms with van der Waals surface area (Å²) in [6.45, 7) is 6.82. The number of piperazine rings is 1. The lowest BCUT2D eigenvalue weighted by Gasteiger charge is -2.33. The summed E-state index contributed by atoms with van der Waals surface area (Å²) in [7, 11) is 2.19. The summed E-state index contributed by atoms with van der Waals surface area (Å²) in [4.78, 5) is 4.94. The summed E-state index contributed by atoms with van der Waals surface area (Å²) in [5.74, 6) is 0.397. The maximum absolute atomic E-state index is 13.0. The number of hydrogen-bond acceptors (Lipinski definition) is 4. The normalized spacial score (nSPS) is 28.1. The van der Waals surface area contributed by atoms with Crippen LogP contribution in [0.4, 0.5) is 4.39 Å². The predicted molar refractivity (Wildman–Crippen MR) is 82.3 cm³/mol. The summed E-state index contributed by atoms with van der Waals surface area (Å²) < 4.78 is 13.0. The number of nitrogens with one attached hydrogen (secondary N) is 2. The zero-order chi connectivity index (χ0) is 14.7. The molecule has 3 rings (SSSR count). The molecule has 116 valence electrons. The summed E-state index contributed by atoms with van der Waals surface area (Å²) in [5.41, 5.74) is 7.77. The van der Waals surface area contributed by atoms with Crippen molar-refractivity contribution >= 4 is 0 Å². The van der Waals surface area contributed by atoms with Crippen molar-refractivity contribution in [1.29, 1.82) is 0 Å². The molecule has 1 aromatic carbocycles. The largest absolute Gasteiger partial charge is 0.304 e. The highest BCUT2D eigenvalue weighted by atomic mass is 19.1. The molecule has 2 aliphatic heterocycles. The van der Waals surface area contributed by atoms with Crippen LogP contribution in [0.3, 0.4) is 0 Å². The molecular formula is C16H25FN4. The van der Waals surface area contributed by atoms with Gasteiger partial charge in [-0.25, -0.2) is 9.82 Å². The third-order valence-electron chi connectivity index (χ3n) is 4.73. The van der Waals surface area contributed by atoms with Gasteiger partial charge in [0.2, 0.25) is 0 Å². The van der Waals surface area contributed by atoms with Crippen molar-refractivity contribution in [2.24, 2.45) is 5.92 Å². The SMILES string of the molecule is CN1CCN(CCC2CNNC2c2ccc(F)cc2)CC1. The van der Waals surface area contributed by atoms with E-state index in [1.807, 2.05) is 12.1 Å². The van der Waals surface area contributed by atoms with E-state index in [0.717, 1.165) is 13.1 Å². The van der Waals surface area contributed by atoms with E-state index in [-0.39, 0.29) is 11.9 Å². The van der Waals surface area contributed by atoms with E-state index in [1.54, 1.807) is 12.1 Å². The van der Waals surface area contributed by atoms with Gasteiger partial charge < -0.3 is 9.80 Å². The van der Waals surface area contributed by atoms with E-state index in [4.69, 9.17) is 0 Å². The van der Waals surface area contributed by atoms with Crippen LogP contribution in [-0.4, -0.2) is 56.1 Å². The van der Waals surface area contributed by atoms with Crippen molar-refractivity contribution in [2.45, 2.75) is 12.5 Å². The lowest BCUT2D eigenvalue weighted by Crippen LogP contribution is -2.45. The molecule has 0 saturated carbocycles. The van der Waals surface area contributed by atoms with E-state index in [0.29, 0.717) is 5.92 Å². The molecule has 2 heterocycles. The predicted octanol–water partition coefficient (Wildman–Crippen LogP) is 1.23. The van der Waals surface area contributed by atoms with Crippen LogP contribution in [0.1, 0.15) is 18.0 Å². The first-order valence-corrected chi connectivity index (χ1v) is 7.87. The Bertz CT molecular complexity index is 442. The summed E-state index contributed by atoms with van der Waals surface area (Å²) >= 11 is 0. The molecule has 21 heavy (non-hydrogen) atoms. The standard InChI is InChI=1S/C16H25FN4/c1-20-8-10-21(11-9-20)7-6-14-12-18-19-16(14)13-2-4-15(17)5-3-13/h2-5,14,16,18-19H,6-12H2,1H3. The number of hydrazine groups is 1. The molecule has 2 N–H and O–H groups in total. The van der Waals surface area contributed by atoms with E-state index in [2.05, 4.69) is 27.7 Å². The molecule has 0 spiro atoms. The van der Waals surface area contributed by atoms with Gasteiger partial charge in [0.15, 0.2) is 0 Å². The molecule has 0 aromatic heterocycles. The molecule has 2 aliphatic rings. The maximum Gasteiger partial charge on any atom is 0.123 e. The molecule has 1 aromatic rings. The van der Waals surface area contributed by atoms with Gasteiger partial charge in [-0.05, 0) is 43.6 Å². The monoisotopic (exact) mass is 292 g/mol. The summed E-state index contributed by atoms with van der Waals surface area (Å²) in [5, 5.41) is 0. The Kier molecular flexibility index (Phi) is 4.85. The molecule has 2 saturated heterocycles. The minimum absolute atomic E-state index is 0.168. The third kappa shape index (κ3) is 3.80. The minimum Gasteiger partial charge on any atom is -0.304 e. The van der Waals surface area contributed by atoms with Gasteiger partial charge in [0.05, 0.1) is 6.04 Å². The number of likely N-dealkylation sites (N-methyl/N-ethyl adjacent to an activating group) is 1. The zero-order valence-electron chi connectivity index (χ0n) is 12.7. The van der Waals surface area contributed by atoms with E-state index >= 15 is 0 Å². The van der Waals surface area contributed by atoms with Crippen molar-refractivity contribution in [3.63, 3.8) is 0 Å². The van der Waals surface area contributed by atoms with Gasteiger partial charge in [-0.2, -0.15) is 0 Å². The fourth-order valence-corrected chi connectivity index (χ4v) is 3.25. The van der Waals surface area contributed by atoms with E-state index in [1.165, 1.54) is 38.2 Å². The molecule has 2 fully saturated rings. The van der Waals surface area contributed by atoms with Crippen LogP contribution in [0.25, 0.3) is 0 Å². The fourth-order valence-electron chi connectivity index (χ4n) is 3.25. The topological polar surface area (TPSA) is 30.5 Å². The highest BCUT2D eigenvalue weighted by molar-refractivity contribution is 5.21. The summed E-state index contributed by atoms with van der Waals surface area (Å²) in [6, 6.07) is 7.17. The smallest absolute Gasteiger partial charge is 0.123 e. The molecule has 0 radical (unpaired) electrons. The van der Waals surface area contributed by atoms with Gasteiger partial charge in [-0.3, -0.25) is 5.43 Å². The van der Waals surface area contributed by atoms with Crippen LogP contribution in [0.5, 0.6) is 0 Å². The second-order valence-corrected chi connectivity index (χ2v) is 6.25. The van der Waals surface area contributed by atoms with Crippen LogP contribution in [-0.2, 0) is 0 Å². The highest BCUT2D eigenvalue weighted by Gasteiger charge is 2.28. The van der Waals surface area contributed by atoms with Gasteiger partial charge in [0, 0.05) is 32.7 Å². The van der Waals surface area contributed by atoms with Crippen molar-refractivity contribution in [2.75, 3.05) is 46.3 Å². The number of nitrogens with zero attached hydrogens (tertiary/aromatic N) is 2. The zero-order valence-corrected chi connectivity index (χ0v) is 12.7. The first-order valence-electron chi connectivity index (χ1n) is 7.87. The number of hydrogen-bond donors (Lipinski definition) is 2. The number of rotatable bonds is 4. The Labute approximate surface area is 126 Å². The third-order valence-corrected chi connectivity index (χ3v) is 4.73. The number of halogens is 1. The average Bonchev–Trinajstić information content (AvgIpc) is 2.96. The Morgan fingerprint density at radius 2 is 1.86 bits per heavy atom. The lowest BCUT2D eigenvalue weighted by atomic mass is 9.92. The van der Waals surface area contributed by atoms with Gasteiger partial charge in [0.1, 0.15) is 5.82 Å². The Balaban J connectivity index is 1.53. The van der Waals surface area contributed by atoms with Gasteiger partial charge >= 0.3 is 0 Å². The fraction of sp³-hybridized carbons (Fsp3) is 0.625. The highest BCUT2D eigenvalue weighted by Crippen LogP contribution is 2.27. The van der Waals surface area contributed by atoms with E-state index < -0.39 is 0 Å². The lowest BCUT2D eigenvalue weighted by molar-refractivity contribution is 0.146. The second-order valence-electron chi connectivity index (χ2n) is 6.25. The molecular weight excluding hydrogens is 267 g/mol. The van der Waals surface area contributed by atoms with Gasteiger partial charge in [0.25, 0.3) is 0 Å². The average molecular weight is 292 g/mol. The first kappa shape index (κ1) is 14.9. The van der Waals surface area contributed by atoms with Crippen LogP contribution in [0, 0.1) is 11.7 Å². The molecule has 0 amide bonds. The molecule has 2 unspecified atom stereocenters. The molecule has 5 heteroatoms. The first-order chi connectivity index (χ1) is 10.2. The van der Waals surface area contributed by atoms with Crippen LogP contribution < -0.4 is 10.9 Å². The Morgan fingerprint density at radius 1 is 1.14 bits per heavy atom. The second kappa shape index (κ2) is 6.83. The number of benzene rings is 1. The van der Waals surface area contributed by atoms with Crippen LogP contribution in [0.15, 0.2) is 24.3 Å². The van der Waals surface area contributed by atoms with E-state index in [9.17, 15) is 4.39 Å². The molecule has 2 atom stereocenters. The van der Waals surface area contributed by atoms with Crippen molar-refractivity contribution in [3.05, 3.63) is 35.6 Å². The van der Waals surface area contributed by atoms with Crippen LogP contribution >= 0.6 is 0 Å². The van der Waals surface area contributed by atoms with Crippen molar-refractivity contribution < 1.29 is 4.39 Å². The van der Waals surface area contributed by atoms with Gasteiger partial charge in [-0.15, -0.1) is 0 Å². The molecule has 0 bridgehead atoms. The van der Waals surface area contributed by atoms with Gasteiger partial charge in [-0.1, -0.05) is 12.1 Å². The van der Waals surface area contributed by atoms with Crippen molar-refractivity contribution in [1.82, 2.24) is 20.7 Å². The Morgan fingerprint density at radius 3 is 2.57 bits per heavy atom. The van der Waals surface area contributed by atoms with Crippen LogP contribution in [0.2, 0.25) is 0 Å². The van der Waals surface area contributed by atoms with Crippen molar-refractivity contribution in [3.8, 4) is 0 Å². The maximum atomic E-state index is 13.0. The molecule has 0 aliphatic carbocycles. The quantitative estimate of drug-likeness (QED) is 0.874. The Hall–Kier alpha value is -1.01.